The molecule has 0 spiro atoms. The lowest BCUT2D eigenvalue weighted by molar-refractivity contribution is 0.183. The summed E-state index contributed by atoms with van der Waals surface area (Å²) in [5.41, 5.74) is 11.7. The molecule has 4 nitrogen and oxygen atoms in total. The largest absolute Gasteiger partial charge is 0.391 e. The average molecular weight is 167 g/mol. The number of nitrogens with zero attached hydrogens (tertiary/aromatic N) is 1. The maximum absolute atomic E-state index is 9.22. The van der Waals surface area contributed by atoms with Crippen molar-refractivity contribution in [3.63, 3.8) is 0 Å². The monoisotopic (exact) mass is 167 g/mol. The van der Waals surface area contributed by atoms with Gasteiger partial charge in [0.05, 0.1) is 6.10 Å². The first-order valence-electron chi connectivity index (χ1n) is 3.81. The molecule has 0 saturated carbocycles. The summed E-state index contributed by atoms with van der Waals surface area (Å²) in [7, 11) is 0. The van der Waals surface area contributed by atoms with E-state index >= 15 is 0 Å². The Bertz CT molecular complexity index is 252. The van der Waals surface area contributed by atoms with Crippen LogP contribution in [0.25, 0.3) is 0 Å². The molecule has 1 unspecified atom stereocenters. The molecule has 1 aromatic rings. The molecule has 0 fully saturated rings. The van der Waals surface area contributed by atoms with E-state index in [2.05, 4.69) is 4.98 Å². The Labute approximate surface area is 71.2 Å². The van der Waals surface area contributed by atoms with Crippen LogP contribution in [-0.4, -0.2) is 22.7 Å². The zero-order valence-corrected chi connectivity index (χ0v) is 6.77. The van der Waals surface area contributed by atoms with Crippen LogP contribution in [0.5, 0.6) is 0 Å². The summed E-state index contributed by atoms with van der Waals surface area (Å²) in [4.78, 5) is 3.84. The van der Waals surface area contributed by atoms with Gasteiger partial charge in [-0.25, -0.2) is 4.98 Å². The van der Waals surface area contributed by atoms with E-state index < -0.39 is 6.10 Å². The van der Waals surface area contributed by atoms with Crippen LogP contribution in [0.1, 0.15) is 5.56 Å². The Hall–Kier alpha value is -1.13. The SMILES string of the molecule is NCC(O)Cc1ccnc(N)c1. The van der Waals surface area contributed by atoms with Gasteiger partial charge < -0.3 is 16.6 Å². The Morgan fingerprint density at radius 3 is 2.92 bits per heavy atom. The van der Waals surface area contributed by atoms with Crippen LogP contribution in [0, 0.1) is 0 Å². The van der Waals surface area contributed by atoms with Gasteiger partial charge in [0.15, 0.2) is 0 Å². The number of pyridine rings is 1. The number of aromatic nitrogens is 1. The quantitative estimate of drug-likeness (QED) is 0.568. The average Bonchev–Trinajstić information content (AvgIpc) is 2.04. The summed E-state index contributed by atoms with van der Waals surface area (Å²) < 4.78 is 0. The zero-order chi connectivity index (χ0) is 8.97. The van der Waals surface area contributed by atoms with Crippen molar-refractivity contribution in [1.29, 1.82) is 0 Å². The molecule has 0 aliphatic rings. The number of rotatable bonds is 3. The molecule has 5 N–H and O–H groups in total. The number of hydrogen-bond acceptors (Lipinski definition) is 4. The second-order valence-corrected chi connectivity index (χ2v) is 2.68. The van der Waals surface area contributed by atoms with Crippen LogP contribution >= 0.6 is 0 Å². The third kappa shape index (κ3) is 2.48. The Morgan fingerprint density at radius 1 is 1.58 bits per heavy atom. The number of aliphatic hydroxyl groups is 1. The van der Waals surface area contributed by atoms with Crippen molar-refractivity contribution in [3.05, 3.63) is 23.9 Å². The number of hydrogen-bond donors (Lipinski definition) is 3. The maximum atomic E-state index is 9.22. The van der Waals surface area contributed by atoms with Crippen LogP contribution in [0.4, 0.5) is 5.82 Å². The number of nitrogens with two attached hydrogens (primary N) is 2. The fraction of sp³-hybridized carbons (Fsp3) is 0.375. The lowest BCUT2D eigenvalue weighted by atomic mass is 10.1. The number of aliphatic hydroxyl groups excluding tert-OH is 1. The molecule has 0 bridgehead atoms. The standard InChI is InChI=1S/C8H13N3O/c9-5-7(12)3-6-1-2-11-8(10)4-6/h1-2,4,7,12H,3,5,9H2,(H2,10,11). The van der Waals surface area contributed by atoms with Gasteiger partial charge in [0.25, 0.3) is 0 Å². The molecule has 1 heterocycles. The molecule has 0 aromatic carbocycles. The fourth-order valence-corrected chi connectivity index (χ4v) is 0.977. The predicted molar refractivity (Wildman–Crippen MR) is 47.4 cm³/mol. The molecule has 66 valence electrons. The first-order valence-corrected chi connectivity index (χ1v) is 3.81. The summed E-state index contributed by atoms with van der Waals surface area (Å²) >= 11 is 0. The van der Waals surface area contributed by atoms with Gasteiger partial charge in [-0.15, -0.1) is 0 Å². The van der Waals surface area contributed by atoms with Gasteiger partial charge in [-0.05, 0) is 24.1 Å². The predicted octanol–water partition coefficient (Wildman–Crippen LogP) is -0.474. The third-order valence-electron chi connectivity index (χ3n) is 1.59. The molecule has 1 rings (SSSR count). The van der Waals surface area contributed by atoms with Crippen LogP contribution in [0.2, 0.25) is 0 Å². The molecule has 0 radical (unpaired) electrons. The maximum Gasteiger partial charge on any atom is 0.123 e. The summed E-state index contributed by atoms with van der Waals surface area (Å²) in [6, 6.07) is 3.55. The molecule has 1 aromatic heterocycles. The number of nitrogen functional groups attached to an aromatic ring is 1. The van der Waals surface area contributed by atoms with Gasteiger partial charge >= 0.3 is 0 Å². The highest BCUT2D eigenvalue weighted by Gasteiger charge is 2.02. The van der Waals surface area contributed by atoms with Crippen molar-refractivity contribution in [2.24, 2.45) is 5.73 Å². The van der Waals surface area contributed by atoms with Crippen molar-refractivity contribution in [1.82, 2.24) is 4.98 Å². The molecule has 12 heavy (non-hydrogen) atoms. The highest BCUT2D eigenvalue weighted by Crippen LogP contribution is 2.05. The van der Waals surface area contributed by atoms with E-state index in [9.17, 15) is 5.11 Å². The van der Waals surface area contributed by atoms with E-state index in [1.165, 1.54) is 0 Å². The van der Waals surface area contributed by atoms with Crippen LogP contribution in [0.3, 0.4) is 0 Å². The Morgan fingerprint density at radius 2 is 2.33 bits per heavy atom. The first-order chi connectivity index (χ1) is 5.72. The fourth-order valence-electron chi connectivity index (χ4n) is 0.977. The first kappa shape index (κ1) is 8.96. The Balaban J connectivity index is 2.63. The van der Waals surface area contributed by atoms with Crippen molar-refractivity contribution >= 4 is 5.82 Å². The molecular weight excluding hydrogens is 154 g/mol. The summed E-state index contributed by atoms with van der Waals surface area (Å²) in [5, 5.41) is 9.22. The summed E-state index contributed by atoms with van der Waals surface area (Å²) in [6.45, 7) is 0.266. The van der Waals surface area contributed by atoms with E-state index in [0.717, 1.165) is 5.56 Å². The van der Waals surface area contributed by atoms with Crippen LogP contribution in [0.15, 0.2) is 18.3 Å². The summed E-state index contributed by atoms with van der Waals surface area (Å²) in [6.07, 6.45) is 1.66. The van der Waals surface area contributed by atoms with E-state index in [-0.39, 0.29) is 6.54 Å². The highest BCUT2D eigenvalue weighted by atomic mass is 16.3. The lowest BCUT2D eigenvalue weighted by Crippen LogP contribution is -2.22. The van der Waals surface area contributed by atoms with E-state index in [1.807, 2.05) is 6.07 Å². The molecule has 1 atom stereocenters. The zero-order valence-electron chi connectivity index (χ0n) is 6.77. The van der Waals surface area contributed by atoms with Gasteiger partial charge in [-0.1, -0.05) is 0 Å². The van der Waals surface area contributed by atoms with Gasteiger partial charge in [-0.2, -0.15) is 0 Å². The molecule has 0 aliphatic heterocycles. The van der Waals surface area contributed by atoms with Gasteiger partial charge in [-0.3, -0.25) is 0 Å². The molecule has 0 saturated heterocycles. The van der Waals surface area contributed by atoms with Gasteiger partial charge in [0.2, 0.25) is 0 Å². The van der Waals surface area contributed by atoms with Crippen LogP contribution in [-0.2, 0) is 6.42 Å². The van der Waals surface area contributed by atoms with Gasteiger partial charge in [0, 0.05) is 12.7 Å². The summed E-state index contributed by atoms with van der Waals surface area (Å²) in [5.74, 6) is 0.469. The lowest BCUT2D eigenvalue weighted by Gasteiger charge is -2.06. The van der Waals surface area contributed by atoms with E-state index in [4.69, 9.17) is 11.5 Å². The number of anilines is 1. The van der Waals surface area contributed by atoms with E-state index in [1.54, 1.807) is 12.3 Å². The second-order valence-electron chi connectivity index (χ2n) is 2.68. The highest BCUT2D eigenvalue weighted by molar-refractivity contribution is 5.32. The van der Waals surface area contributed by atoms with E-state index in [0.29, 0.717) is 12.2 Å². The minimum atomic E-state index is -0.494. The van der Waals surface area contributed by atoms with Crippen molar-refractivity contribution in [3.8, 4) is 0 Å². The van der Waals surface area contributed by atoms with Crippen molar-refractivity contribution in [2.75, 3.05) is 12.3 Å². The van der Waals surface area contributed by atoms with Crippen molar-refractivity contribution in [2.45, 2.75) is 12.5 Å². The topological polar surface area (TPSA) is 85.2 Å². The molecular formula is C8H13N3O. The van der Waals surface area contributed by atoms with Crippen molar-refractivity contribution < 1.29 is 5.11 Å². The minimum Gasteiger partial charge on any atom is -0.391 e. The molecule has 4 heteroatoms. The minimum absolute atomic E-state index is 0.266. The van der Waals surface area contributed by atoms with Gasteiger partial charge in [0.1, 0.15) is 5.82 Å². The smallest absolute Gasteiger partial charge is 0.123 e. The molecule has 0 amide bonds. The normalized spacial score (nSPS) is 12.8. The Kier molecular flexibility index (Phi) is 3.01. The third-order valence-corrected chi connectivity index (χ3v) is 1.59. The van der Waals surface area contributed by atoms with Crippen LogP contribution < -0.4 is 11.5 Å². The second kappa shape index (κ2) is 4.04. The molecule has 0 aliphatic carbocycles.